The third-order valence-corrected chi connectivity index (χ3v) is 4.67. The fourth-order valence-corrected chi connectivity index (χ4v) is 3.40. The lowest BCUT2D eigenvalue weighted by atomic mass is 9.95. The molecular formula is C12H23NO5S. The van der Waals surface area contributed by atoms with E-state index >= 15 is 0 Å². The molecule has 1 amide bonds. The van der Waals surface area contributed by atoms with E-state index in [9.17, 15) is 18.3 Å². The van der Waals surface area contributed by atoms with Gasteiger partial charge in [-0.05, 0) is 40.0 Å². The minimum absolute atomic E-state index is 0.0113. The Morgan fingerprint density at radius 2 is 1.95 bits per heavy atom. The summed E-state index contributed by atoms with van der Waals surface area (Å²) in [4.78, 5) is 11.5. The SMILES string of the molecule is CC(C)(C)OC(=O)NCC1(O)CCCS(=O)(=O)CC1. The molecule has 0 aromatic carbocycles. The van der Waals surface area contributed by atoms with Gasteiger partial charge in [0.25, 0.3) is 0 Å². The number of hydrogen-bond acceptors (Lipinski definition) is 5. The number of rotatable bonds is 2. The van der Waals surface area contributed by atoms with Gasteiger partial charge in [-0.3, -0.25) is 0 Å². The normalized spacial score (nSPS) is 27.4. The Morgan fingerprint density at radius 1 is 1.32 bits per heavy atom. The maximum Gasteiger partial charge on any atom is 0.407 e. The maximum absolute atomic E-state index is 11.5. The number of alkyl carbamates (subject to hydrolysis) is 1. The summed E-state index contributed by atoms with van der Waals surface area (Å²) < 4.78 is 28.0. The van der Waals surface area contributed by atoms with E-state index < -0.39 is 27.1 Å². The summed E-state index contributed by atoms with van der Waals surface area (Å²) in [6.07, 6.45) is 0.315. The summed E-state index contributed by atoms with van der Waals surface area (Å²) in [5.41, 5.74) is -1.76. The Labute approximate surface area is 114 Å². The topological polar surface area (TPSA) is 92.7 Å². The lowest BCUT2D eigenvalue weighted by Gasteiger charge is -2.27. The zero-order valence-corrected chi connectivity index (χ0v) is 12.5. The number of amides is 1. The van der Waals surface area contributed by atoms with Crippen LogP contribution in [-0.4, -0.2) is 48.9 Å². The molecule has 1 atom stereocenters. The predicted octanol–water partition coefficient (Wildman–Crippen LogP) is 0.841. The molecule has 2 N–H and O–H groups in total. The van der Waals surface area contributed by atoms with Gasteiger partial charge in [0.15, 0.2) is 0 Å². The van der Waals surface area contributed by atoms with Crippen molar-refractivity contribution in [2.45, 2.75) is 51.2 Å². The van der Waals surface area contributed by atoms with E-state index in [-0.39, 0.29) is 24.5 Å². The molecule has 1 saturated heterocycles. The van der Waals surface area contributed by atoms with Crippen LogP contribution in [0.4, 0.5) is 4.79 Å². The number of nitrogens with one attached hydrogen (secondary N) is 1. The Balaban J connectivity index is 2.49. The van der Waals surface area contributed by atoms with E-state index in [1.54, 1.807) is 20.8 Å². The van der Waals surface area contributed by atoms with Crippen LogP contribution < -0.4 is 5.32 Å². The van der Waals surface area contributed by atoms with Crippen molar-refractivity contribution in [2.75, 3.05) is 18.1 Å². The van der Waals surface area contributed by atoms with Gasteiger partial charge in [0.2, 0.25) is 0 Å². The Morgan fingerprint density at radius 3 is 2.53 bits per heavy atom. The van der Waals surface area contributed by atoms with Gasteiger partial charge in [-0.25, -0.2) is 13.2 Å². The van der Waals surface area contributed by atoms with E-state index in [0.29, 0.717) is 12.8 Å². The Kier molecular flexibility index (Phi) is 4.84. The van der Waals surface area contributed by atoms with Crippen molar-refractivity contribution >= 4 is 15.9 Å². The zero-order valence-electron chi connectivity index (χ0n) is 11.7. The van der Waals surface area contributed by atoms with Crippen LogP contribution in [0.5, 0.6) is 0 Å². The first-order valence-corrected chi connectivity index (χ1v) is 8.23. The first-order chi connectivity index (χ1) is 8.52. The molecule has 0 bridgehead atoms. The molecule has 0 aromatic heterocycles. The Bertz CT molecular complexity index is 426. The lowest BCUT2D eigenvalue weighted by molar-refractivity contribution is 0.0172. The third-order valence-electron chi connectivity index (χ3n) is 2.94. The first-order valence-electron chi connectivity index (χ1n) is 6.41. The second-order valence-electron chi connectivity index (χ2n) is 6.09. The smallest absolute Gasteiger partial charge is 0.407 e. The average Bonchev–Trinajstić information content (AvgIpc) is 2.34. The number of ether oxygens (including phenoxy) is 1. The fourth-order valence-electron chi connectivity index (χ4n) is 1.92. The van der Waals surface area contributed by atoms with E-state index in [1.165, 1.54) is 0 Å². The van der Waals surface area contributed by atoms with Gasteiger partial charge in [-0.1, -0.05) is 0 Å². The molecule has 0 radical (unpaired) electrons. The van der Waals surface area contributed by atoms with E-state index in [0.717, 1.165) is 0 Å². The molecule has 1 unspecified atom stereocenters. The number of carbonyl (C=O) groups is 1. The van der Waals surface area contributed by atoms with Gasteiger partial charge in [0.05, 0.1) is 17.1 Å². The van der Waals surface area contributed by atoms with Crippen LogP contribution >= 0.6 is 0 Å². The van der Waals surface area contributed by atoms with Gasteiger partial charge in [-0.2, -0.15) is 0 Å². The molecule has 1 rings (SSSR count). The summed E-state index contributed by atoms with van der Waals surface area (Å²) in [6.45, 7) is 5.26. The van der Waals surface area contributed by atoms with Crippen LogP contribution in [0.15, 0.2) is 0 Å². The minimum atomic E-state index is -3.06. The highest BCUT2D eigenvalue weighted by Crippen LogP contribution is 2.23. The maximum atomic E-state index is 11.5. The van der Waals surface area contributed by atoms with Gasteiger partial charge in [0.1, 0.15) is 15.4 Å². The van der Waals surface area contributed by atoms with Gasteiger partial charge in [-0.15, -0.1) is 0 Å². The van der Waals surface area contributed by atoms with Crippen molar-refractivity contribution in [2.24, 2.45) is 0 Å². The first kappa shape index (κ1) is 16.2. The fraction of sp³-hybridized carbons (Fsp3) is 0.917. The van der Waals surface area contributed by atoms with Gasteiger partial charge >= 0.3 is 6.09 Å². The average molecular weight is 293 g/mol. The molecule has 1 aliphatic rings. The Hall–Kier alpha value is -0.820. The van der Waals surface area contributed by atoms with Crippen molar-refractivity contribution in [3.8, 4) is 0 Å². The molecule has 6 nitrogen and oxygen atoms in total. The second-order valence-corrected chi connectivity index (χ2v) is 8.39. The monoisotopic (exact) mass is 293 g/mol. The summed E-state index contributed by atoms with van der Waals surface area (Å²) in [7, 11) is -3.06. The van der Waals surface area contributed by atoms with Crippen LogP contribution in [0, 0.1) is 0 Å². The van der Waals surface area contributed by atoms with Crippen molar-refractivity contribution in [3.63, 3.8) is 0 Å². The molecule has 0 aromatic rings. The highest BCUT2D eigenvalue weighted by atomic mass is 32.2. The summed E-state index contributed by atoms with van der Waals surface area (Å²) in [5, 5.41) is 12.8. The zero-order chi connectivity index (χ0) is 14.7. The van der Waals surface area contributed by atoms with E-state index in [1.807, 2.05) is 0 Å². The highest BCUT2D eigenvalue weighted by molar-refractivity contribution is 7.91. The van der Waals surface area contributed by atoms with Crippen LogP contribution in [0.3, 0.4) is 0 Å². The van der Waals surface area contributed by atoms with Gasteiger partial charge in [0, 0.05) is 6.54 Å². The molecular weight excluding hydrogens is 270 g/mol. The van der Waals surface area contributed by atoms with Crippen molar-refractivity contribution in [1.82, 2.24) is 5.32 Å². The third kappa shape index (κ3) is 6.24. The molecule has 7 heteroatoms. The predicted molar refractivity (Wildman–Crippen MR) is 71.7 cm³/mol. The number of carbonyl (C=O) groups excluding carboxylic acids is 1. The standard InChI is InChI=1S/C12H23NO5S/c1-11(2,3)18-10(14)13-9-12(15)5-4-7-19(16,17)8-6-12/h15H,4-9H2,1-3H3,(H,13,14). The summed E-state index contributed by atoms with van der Waals surface area (Å²) >= 11 is 0. The van der Waals surface area contributed by atoms with Crippen molar-refractivity contribution in [1.29, 1.82) is 0 Å². The van der Waals surface area contributed by atoms with E-state index in [4.69, 9.17) is 4.74 Å². The number of hydrogen-bond donors (Lipinski definition) is 2. The van der Waals surface area contributed by atoms with Crippen LogP contribution in [-0.2, 0) is 14.6 Å². The molecule has 1 heterocycles. The van der Waals surface area contributed by atoms with Crippen molar-refractivity contribution in [3.05, 3.63) is 0 Å². The highest BCUT2D eigenvalue weighted by Gasteiger charge is 2.33. The van der Waals surface area contributed by atoms with E-state index in [2.05, 4.69) is 5.32 Å². The van der Waals surface area contributed by atoms with Crippen LogP contribution in [0.25, 0.3) is 0 Å². The molecule has 1 aliphatic heterocycles. The number of aliphatic hydroxyl groups is 1. The second kappa shape index (κ2) is 5.66. The summed E-state index contributed by atoms with van der Waals surface area (Å²) in [5.74, 6) is 0.0568. The molecule has 1 fully saturated rings. The molecule has 112 valence electrons. The summed E-state index contributed by atoms with van der Waals surface area (Å²) in [6, 6.07) is 0. The van der Waals surface area contributed by atoms with Gasteiger partial charge < -0.3 is 15.2 Å². The van der Waals surface area contributed by atoms with Crippen LogP contribution in [0.1, 0.15) is 40.0 Å². The molecule has 0 spiro atoms. The molecule has 0 aliphatic carbocycles. The quantitative estimate of drug-likeness (QED) is 0.787. The lowest BCUT2D eigenvalue weighted by Crippen LogP contribution is -2.44. The van der Waals surface area contributed by atoms with Crippen LogP contribution in [0.2, 0.25) is 0 Å². The molecule has 19 heavy (non-hydrogen) atoms. The number of sulfone groups is 1. The van der Waals surface area contributed by atoms with Crippen molar-refractivity contribution < 1.29 is 23.1 Å². The largest absolute Gasteiger partial charge is 0.444 e. The molecule has 0 saturated carbocycles. The minimum Gasteiger partial charge on any atom is -0.444 e.